The van der Waals surface area contributed by atoms with E-state index >= 15 is 0 Å². The highest BCUT2D eigenvalue weighted by Gasteiger charge is 2.47. The second kappa shape index (κ2) is 6.22. The quantitative estimate of drug-likeness (QED) is 0.851. The fourth-order valence-electron chi connectivity index (χ4n) is 2.92. The summed E-state index contributed by atoms with van der Waals surface area (Å²) in [6, 6.07) is 5.73. The molecular formula is C16H15ClF3N3O. The number of hydrogen-bond acceptors (Lipinski definition) is 3. The number of nitrogens with zero attached hydrogens (tertiary/aromatic N) is 2. The molecule has 3 rings (SSSR count). The molecule has 1 fully saturated rings. The molecule has 8 heteroatoms. The number of likely N-dealkylation sites (tertiary alicyclic amines) is 1. The van der Waals surface area contributed by atoms with Crippen molar-refractivity contribution >= 4 is 28.4 Å². The molecule has 2 heterocycles. The summed E-state index contributed by atoms with van der Waals surface area (Å²) in [5.74, 6) is -0.769. The Morgan fingerprint density at radius 1 is 1.25 bits per heavy atom. The lowest BCUT2D eigenvalue weighted by Crippen LogP contribution is -2.56. The van der Waals surface area contributed by atoms with Crippen molar-refractivity contribution in [3.05, 3.63) is 41.0 Å². The topological polar surface area (TPSA) is 59.2 Å². The third kappa shape index (κ3) is 3.32. The van der Waals surface area contributed by atoms with Gasteiger partial charge in [0.1, 0.15) is 11.7 Å². The van der Waals surface area contributed by atoms with Crippen molar-refractivity contribution < 1.29 is 18.0 Å². The van der Waals surface area contributed by atoms with Gasteiger partial charge in [0, 0.05) is 23.0 Å². The normalized spacial score (nSPS) is 22.0. The van der Waals surface area contributed by atoms with E-state index in [1.807, 2.05) is 0 Å². The summed E-state index contributed by atoms with van der Waals surface area (Å²) in [5, 5.41) is 1.19. The first-order valence-corrected chi connectivity index (χ1v) is 7.83. The van der Waals surface area contributed by atoms with Crippen LogP contribution in [0.5, 0.6) is 0 Å². The Bertz CT molecular complexity index is 781. The van der Waals surface area contributed by atoms with E-state index in [9.17, 15) is 18.0 Å². The van der Waals surface area contributed by atoms with Crippen LogP contribution in [0.3, 0.4) is 0 Å². The van der Waals surface area contributed by atoms with E-state index in [0.717, 1.165) is 10.3 Å². The average molecular weight is 358 g/mol. The van der Waals surface area contributed by atoms with Gasteiger partial charge in [0.25, 0.3) is 5.91 Å². The number of alkyl halides is 3. The minimum atomic E-state index is -4.49. The van der Waals surface area contributed by atoms with Crippen molar-refractivity contribution in [1.29, 1.82) is 0 Å². The van der Waals surface area contributed by atoms with Gasteiger partial charge in [0.2, 0.25) is 0 Å². The molecule has 2 N–H and O–H groups in total. The molecule has 1 aliphatic rings. The number of benzene rings is 1. The molecule has 2 aromatic rings. The first kappa shape index (κ1) is 17.0. The summed E-state index contributed by atoms with van der Waals surface area (Å²) in [6.07, 6.45) is -4.46. The van der Waals surface area contributed by atoms with Crippen LogP contribution in [0.15, 0.2) is 30.3 Å². The summed E-state index contributed by atoms with van der Waals surface area (Å²) >= 11 is 5.90. The second-order valence-corrected chi connectivity index (χ2v) is 6.32. The molecule has 2 atom stereocenters. The maximum Gasteiger partial charge on any atom is 0.408 e. The van der Waals surface area contributed by atoms with E-state index in [-0.39, 0.29) is 25.1 Å². The average Bonchev–Trinajstić information content (AvgIpc) is 2.52. The first-order valence-electron chi connectivity index (χ1n) is 7.45. The lowest BCUT2D eigenvalue weighted by molar-refractivity contribution is -0.184. The standard InChI is InChI=1S/C16H15ClF3N3O/c17-10-3-1-9-2-5-12(22-13(9)7-10)15(24)23-8-11(21)4-6-14(23)16(18,19)20/h1-3,5,7,11,14H,4,6,8,21H2. The van der Waals surface area contributed by atoms with Crippen molar-refractivity contribution in [3.8, 4) is 0 Å². The van der Waals surface area contributed by atoms with E-state index in [1.165, 1.54) is 6.07 Å². The Balaban J connectivity index is 1.96. The van der Waals surface area contributed by atoms with E-state index in [2.05, 4.69) is 4.98 Å². The van der Waals surface area contributed by atoms with Crippen LogP contribution in [0.1, 0.15) is 23.3 Å². The fourth-order valence-corrected chi connectivity index (χ4v) is 3.09. The van der Waals surface area contributed by atoms with Gasteiger partial charge in [0.15, 0.2) is 0 Å². The molecule has 1 amide bonds. The molecule has 1 saturated heterocycles. The highest BCUT2D eigenvalue weighted by Crippen LogP contribution is 2.32. The molecule has 128 valence electrons. The zero-order chi connectivity index (χ0) is 17.5. The predicted molar refractivity (Wildman–Crippen MR) is 84.8 cm³/mol. The van der Waals surface area contributed by atoms with Crippen LogP contribution >= 0.6 is 11.6 Å². The summed E-state index contributed by atoms with van der Waals surface area (Å²) in [5.41, 5.74) is 6.17. The molecule has 1 aliphatic heterocycles. The Morgan fingerprint density at radius 2 is 1.96 bits per heavy atom. The number of nitrogens with two attached hydrogens (primary N) is 1. The van der Waals surface area contributed by atoms with E-state index in [1.54, 1.807) is 24.3 Å². The number of rotatable bonds is 1. The van der Waals surface area contributed by atoms with Crippen LogP contribution in [-0.2, 0) is 0 Å². The Kier molecular flexibility index (Phi) is 4.40. The van der Waals surface area contributed by atoms with Gasteiger partial charge in [-0.05, 0) is 31.0 Å². The molecule has 0 bridgehead atoms. The Hall–Kier alpha value is -1.86. The number of hydrogen-bond donors (Lipinski definition) is 1. The van der Waals surface area contributed by atoms with Gasteiger partial charge in [-0.3, -0.25) is 4.79 Å². The lowest BCUT2D eigenvalue weighted by Gasteiger charge is -2.39. The zero-order valence-corrected chi connectivity index (χ0v) is 13.3. The van der Waals surface area contributed by atoms with Crippen molar-refractivity contribution in [3.63, 3.8) is 0 Å². The van der Waals surface area contributed by atoms with Crippen LogP contribution in [0.2, 0.25) is 5.02 Å². The smallest absolute Gasteiger partial charge is 0.326 e. The molecule has 0 spiro atoms. The second-order valence-electron chi connectivity index (χ2n) is 5.89. The summed E-state index contributed by atoms with van der Waals surface area (Å²) < 4.78 is 39.7. The number of carbonyl (C=O) groups is 1. The van der Waals surface area contributed by atoms with Crippen LogP contribution in [0, 0.1) is 0 Å². The zero-order valence-electron chi connectivity index (χ0n) is 12.6. The highest BCUT2D eigenvalue weighted by atomic mass is 35.5. The summed E-state index contributed by atoms with van der Waals surface area (Å²) in [4.78, 5) is 17.6. The van der Waals surface area contributed by atoms with Gasteiger partial charge in [-0.1, -0.05) is 23.7 Å². The van der Waals surface area contributed by atoms with Gasteiger partial charge < -0.3 is 10.6 Å². The van der Waals surface area contributed by atoms with E-state index in [0.29, 0.717) is 10.5 Å². The fraction of sp³-hybridized carbons (Fsp3) is 0.375. The molecule has 1 aromatic heterocycles. The van der Waals surface area contributed by atoms with Crippen molar-refractivity contribution in [2.45, 2.75) is 31.1 Å². The molecular weight excluding hydrogens is 343 g/mol. The maximum absolute atomic E-state index is 13.2. The van der Waals surface area contributed by atoms with Crippen molar-refractivity contribution in [2.24, 2.45) is 5.73 Å². The highest BCUT2D eigenvalue weighted by molar-refractivity contribution is 6.31. The van der Waals surface area contributed by atoms with Gasteiger partial charge >= 0.3 is 6.18 Å². The lowest BCUT2D eigenvalue weighted by atomic mass is 9.97. The first-order chi connectivity index (χ1) is 11.3. The molecule has 2 unspecified atom stereocenters. The molecule has 24 heavy (non-hydrogen) atoms. The monoisotopic (exact) mass is 357 g/mol. The van der Waals surface area contributed by atoms with Gasteiger partial charge in [-0.2, -0.15) is 13.2 Å². The number of piperidine rings is 1. The number of halogens is 4. The van der Waals surface area contributed by atoms with E-state index in [4.69, 9.17) is 17.3 Å². The van der Waals surface area contributed by atoms with Gasteiger partial charge in [-0.15, -0.1) is 0 Å². The van der Waals surface area contributed by atoms with Crippen LogP contribution < -0.4 is 5.73 Å². The number of fused-ring (bicyclic) bond motifs is 1. The third-order valence-electron chi connectivity index (χ3n) is 4.13. The molecule has 0 radical (unpaired) electrons. The minimum Gasteiger partial charge on any atom is -0.326 e. The molecule has 0 aliphatic carbocycles. The van der Waals surface area contributed by atoms with Crippen LogP contribution in [0.25, 0.3) is 10.9 Å². The minimum absolute atomic E-state index is 0.0480. The number of carbonyl (C=O) groups excluding carboxylic acids is 1. The molecule has 4 nitrogen and oxygen atoms in total. The molecule has 1 aromatic carbocycles. The van der Waals surface area contributed by atoms with Crippen molar-refractivity contribution in [1.82, 2.24) is 9.88 Å². The largest absolute Gasteiger partial charge is 0.408 e. The number of aromatic nitrogens is 1. The number of pyridine rings is 1. The van der Waals surface area contributed by atoms with Gasteiger partial charge in [0.05, 0.1) is 5.52 Å². The maximum atomic E-state index is 13.2. The Labute approximate surface area is 141 Å². The predicted octanol–water partition coefficient (Wildman–Crippen LogP) is 3.38. The number of amides is 1. The third-order valence-corrected chi connectivity index (χ3v) is 4.37. The molecule has 0 saturated carbocycles. The van der Waals surface area contributed by atoms with Crippen molar-refractivity contribution in [2.75, 3.05) is 6.54 Å². The SMILES string of the molecule is NC1CCC(C(F)(F)F)N(C(=O)c2ccc3ccc(Cl)cc3n2)C1. The summed E-state index contributed by atoms with van der Waals surface area (Å²) in [7, 11) is 0. The summed E-state index contributed by atoms with van der Waals surface area (Å²) in [6.45, 7) is -0.141. The van der Waals surface area contributed by atoms with Gasteiger partial charge in [-0.25, -0.2) is 4.98 Å². The van der Waals surface area contributed by atoms with Crippen LogP contribution in [-0.4, -0.2) is 40.6 Å². The van der Waals surface area contributed by atoms with E-state index < -0.39 is 24.2 Å². The Morgan fingerprint density at radius 3 is 2.67 bits per heavy atom. The van der Waals surface area contributed by atoms with Crippen LogP contribution in [0.4, 0.5) is 13.2 Å².